The summed E-state index contributed by atoms with van der Waals surface area (Å²) in [7, 11) is 0. The van der Waals surface area contributed by atoms with Crippen LogP contribution in [-0.4, -0.2) is 22.6 Å². The van der Waals surface area contributed by atoms with Gasteiger partial charge in [-0.25, -0.2) is 4.98 Å². The van der Waals surface area contributed by atoms with Gasteiger partial charge in [0.05, 0.1) is 11.0 Å². The molecule has 1 aliphatic rings. The van der Waals surface area contributed by atoms with Gasteiger partial charge >= 0.3 is 0 Å². The van der Waals surface area contributed by atoms with Gasteiger partial charge in [-0.2, -0.15) is 0 Å². The summed E-state index contributed by atoms with van der Waals surface area (Å²) in [4.78, 5) is 7.72. The Bertz CT molecular complexity index is 526. The number of imidazole rings is 1. The summed E-state index contributed by atoms with van der Waals surface area (Å²) in [6, 6.07) is 7.41. The Morgan fingerprint density at radius 2 is 2.22 bits per heavy atom. The Hall–Kier alpha value is -1.35. The van der Waals surface area contributed by atoms with E-state index in [-0.39, 0.29) is 0 Å². The highest BCUT2D eigenvalue weighted by Gasteiger charge is 2.19. The van der Waals surface area contributed by atoms with Crippen molar-refractivity contribution < 1.29 is 0 Å². The summed E-state index contributed by atoms with van der Waals surface area (Å²) in [6.45, 7) is 3.18. The van der Waals surface area contributed by atoms with Crippen LogP contribution < -0.4 is 5.32 Å². The van der Waals surface area contributed by atoms with Crippen LogP contribution in [0.1, 0.15) is 37.1 Å². The number of nitrogens with one attached hydrogen (secondary N) is 2. The van der Waals surface area contributed by atoms with E-state index in [9.17, 15) is 0 Å². The Morgan fingerprint density at radius 1 is 1.33 bits per heavy atom. The molecule has 1 heterocycles. The Labute approximate surface area is 108 Å². The van der Waals surface area contributed by atoms with Crippen LogP contribution in [0.25, 0.3) is 11.0 Å². The van der Waals surface area contributed by atoms with E-state index in [1.165, 1.54) is 49.7 Å². The van der Waals surface area contributed by atoms with E-state index >= 15 is 0 Å². The van der Waals surface area contributed by atoms with Gasteiger partial charge in [-0.15, -0.1) is 0 Å². The number of rotatable bonds is 6. The molecular weight excluding hydrogens is 222 g/mol. The molecule has 0 saturated heterocycles. The van der Waals surface area contributed by atoms with E-state index in [2.05, 4.69) is 33.5 Å². The van der Waals surface area contributed by atoms with Crippen molar-refractivity contribution in [1.29, 1.82) is 0 Å². The summed E-state index contributed by atoms with van der Waals surface area (Å²) in [6.07, 6.45) is 6.47. The number of fused-ring (bicyclic) bond motifs is 1. The fraction of sp³-hybridized carbons (Fsp3) is 0.533. The minimum atomic E-state index is 0.842. The molecule has 1 fully saturated rings. The Balaban J connectivity index is 1.50. The zero-order chi connectivity index (χ0) is 12.4. The molecule has 96 valence electrons. The SMILES string of the molecule is Cc1nc2ccc(CCCCNC3CC3)cc2[nH]1. The maximum atomic E-state index is 4.42. The van der Waals surface area contributed by atoms with Gasteiger partial charge in [0.25, 0.3) is 0 Å². The first-order valence-corrected chi connectivity index (χ1v) is 7.00. The van der Waals surface area contributed by atoms with Crippen LogP contribution in [0.15, 0.2) is 18.2 Å². The molecule has 18 heavy (non-hydrogen) atoms. The number of nitrogens with zero attached hydrogens (tertiary/aromatic N) is 1. The molecule has 0 aliphatic heterocycles. The highest BCUT2D eigenvalue weighted by molar-refractivity contribution is 5.75. The van der Waals surface area contributed by atoms with Gasteiger partial charge in [0.15, 0.2) is 0 Å². The van der Waals surface area contributed by atoms with Crippen LogP contribution in [0, 0.1) is 6.92 Å². The van der Waals surface area contributed by atoms with Gasteiger partial charge in [0.2, 0.25) is 0 Å². The van der Waals surface area contributed by atoms with Gasteiger partial charge in [0.1, 0.15) is 5.82 Å². The third-order valence-electron chi connectivity index (χ3n) is 3.57. The lowest BCUT2D eigenvalue weighted by Crippen LogP contribution is -2.17. The van der Waals surface area contributed by atoms with E-state index in [1.54, 1.807) is 0 Å². The maximum absolute atomic E-state index is 4.42. The van der Waals surface area contributed by atoms with Crippen LogP contribution in [0.4, 0.5) is 0 Å². The number of aromatic amines is 1. The molecule has 1 aliphatic carbocycles. The summed E-state index contributed by atoms with van der Waals surface area (Å²) < 4.78 is 0. The predicted molar refractivity (Wildman–Crippen MR) is 74.8 cm³/mol. The molecule has 2 N–H and O–H groups in total. The van der Waals surface area contributed by atoms with Gasteiger partial charge < -0.3 is 10.3 Å². The number of benzene rings is 1. The van der Waals surface area contributed by atoms with E-state index in [0.717, 1.165) is 17.4 Å². The average Bonchev–Trinajstić information content (AvgIpc) is 3.09. The number of aryl methyl sites for hydroxylation is 2. The van der Waals surface area contributed by atoms with Gasteiger partial charge in [0, 0.05) is 6.04 Å². The quantitative estimate of drug-likeness (QED) is 0.766. The number of unbranched alkanes of at least 4 members (excludes halogenated alkanes) is 1. The van der Waals surface area contributed by atoms with Crippen molar-refractivity contribution in [2.24, 2.45) is 0 Å². The fourth-order valence-corrected chi connectivity index (χ4v) is 2.39. The van der Waals surface area contributed by atoms with Crippen LogP contribution in [0.3, 0.4) is 0 Å². The monoisotopic (exact) mass is 243 g/mol. The number of hydrogen-bond acceptors (Lipinski definition) is 2. The molecule has 3 heteroatoms. The van der Waals surface area contributed by atoms with Crippen LogP contribution in [0.2, 0.25) is 0 Å². The van der Waals surface area contributed by atoms with Crippen molar-refractivity contribution >= 4 is 11.0 Å². The van der Waals surface area contributed by atoms with Gasteiger partial charge in [-0.1, -0.05) is 6.07 Å². The first-order chi connectivity index (χ1) is 8.81. The molecule has 3 nitrogen and oxygen atoms in total. The number of H-pyrrole nitrogens is 1. The smallest absolute Gasteiger partial charge is 0.104 e. The van der Waals surface area contributed by atoms with Crippen molar-refractivity contribution in [2.75, 3.05) is 6.54 Å². The molecule has 1 aromatic heterocycles. The molecule has 0 bridgehead atoms. The molecule has 0 spiro atoms. The molecule has 0 amide bonds. The van der Waals surface area contributed by atoms with Crippen molar-refractivity contribution in [1.82, 2.24) is 15.3 Å². The highest BCUT2D eigenvalue weighted by Crippen LogP contribution is 2.18. The zero-order valence-corrected chi connectivity index (χ0v) is 11.0. The van der Waals surface area contributed by atoms with E-state index in [0.29, 0.717) is 0 Å². The zero-order valence-electron chi connectivity index (χ0n) is 11.0. The maximum Gasteiger partial charge on any atom is 0.104 e. The second-order valence-electron chi connectivity index (χ2n) is 5.36. The summed E-state index contributed by atoms with van der Waals surface area (Å²) >= 11 is 0. The lowest BCUT2D eigenvalue weighted by atomic mass is 10.1. The lowest BCUT2D eigenvalue weighted by Gasteiger charge is -2.03. The number of hydrogen-bond donors (Lipinski definition) is 2. The van der Waals surface area contributed by atoms with Crippen molar-refractivity contribution in [3.63, 3.8) is 0 Å². The summed E-state index contributed by atoms with van der Waals surface area (Å²) in [5, 5.41) is 3.56. The molecule has 3 rings (SSSR count). The third kappa shape index (κ3) is 2.91. The van der Waals surface area contributed by atoms with E-state index < -0.39 is 0 Å². The second-order valence-corrected chi connectivity index (χ2v) is 5.36. The van der Waals surface area contributed by atoms with Gasteiger partial charge in [-0.05, 0) is 63.3 Å². The highest BCUT2D eigenvalue weighted by atomic mass is 14.9. The average molecular weight is 243 g/mol. The lowest BCUT2D eigenvalue weighted by molar-refractivity contribution is 0.620. The minimum absolute atomic E-state index is 0.842. The third-order valence-corrected chi connectivity index (χ3v) is 3.57. The topological polar surface area (TPSA) is 40.7 Å². The largest absolute Gasteiger partial charge is 0.342 e. The molecule has 1 aromatic carbocycles. The van der Waals surface area contributed by atoms with Crippen LogP contribution >= 0.6 is 0 Å². The summed E-state index contributed by atoms with van der Waals surface area (Å²) in [5.41, 5.74) is 3.66. The van der Waals surface area contributed by atoms with Crippen LogP contribution in [0.5, 0.6) is 0 Å². The number of aromatic nitrogens is 2. The molecular formula is C15H21N3. The van der Waals surface area contributed by atoms with Gasteiger partial charge in [-0.3, -0.25) is 0 Å². The molecule has 2 aromatic rings. The van der Waals surface area contributed by atoms with Crippen molar-refractivity contribution in [3.8, 4) is 0 Å². The molecule has 1 saturated carbocycles. The molecule has 0 atom stereocenters. The fourth-order valence-electron chi connectivity index (χ4n) is 2.39. The molecule has 0 radical (unpaired) electrons. The second kappa shape index (κ2) is 5.11. The van der Waals surface area contributed by atoms with Crippen LogP contribution in [-0.2, 0) is 6.42 Å². The predicted octanol–water partition coefficient (Wildman–Crippen LogP) is 2.95. The minimum Gasteiger partial charge on any atom is -0.342 e. The van der Waals surface area contributed by atoms with E-state index in [4.69, 9.17) is 0 Å². The normalized spacial score (nSPS) is 15.4. The first kappa shape index (κ1) is 11.7. The summed E-state index contributed by atoms with van der Waals surface area (Å²) in [5.74, 6) is 0.996. The Morgan fingerprint density at radius 3 is 3.06 bits per heavy atom. The van der Waals surface area contributed by atoms with Crippen molar-refractivity contribution in [2.45, 2.75) is 45.1 Å². The molecule has 0 unspecified atom stereocenters. The first-order valence-electron chi connectivity index (χ1n) is 7.00. The Kier molecular flexibility index (Phi) is 3.33. The van der Waals surface area contributed by atoms with E-state index in [1.807, 2.05) is 6.92 Å². The standard InChI is InChI=1S/C15H21N3/c1-11-17-14-8-5-12(10-15(14)18-11)4-2-3-9-16-13-6-7-13/h5,8,10,13,16H,2-4,6-7,9H2,1H3,(H,17,18). The van der Waals surface area contributed by atoms with Crippen molar-refractivity contribution in [3.05, 3.63) is 29.6 Å².